The number of rotatable bonds is 2. The first-order valence-corrected chi connectivity index (χ1v) is 6.84. The molecule has 0 amide bonds. The molecule has 0 saturated carbocycles. The van der Waals surface area contributed by atoms with E-state index in [4.69, 9.17) is 23.2 Å². The molecule has 2 heterocycles. The monoisotopic (exact) mass is 294 g/mol. The fourth-order valence-corrected chi connectivity index (χ4v) is 2.55. The number of halogens is 2. The molecule has 0 saturated heterocycles. The number of pyridine rings is 2. The van der Waals surface area contributed by atoms with Gasteiger partial charge < -0.3 is 0 Å². The molecular weight excluding hydrogens is 279 g/mol. The predicted octanol–water partition coefficient (Wildman–Crippen LogP) is 4.73. The Hall–Kier alpha value is -1.12. The van der Waals surface area contributed by atoms with Gasteiger partial charge >= 0.3 is 0 Å². The summed E-state index contributed by atoms with van der Waals surface area (Å²) in [5.74, 6) is 0. The lowest BCUT2D eigenvalue weighted by molar-refractivity contribution is 0.594. The van der Waals surface area contributed by atoms with E-state index in [0.717, 1.165) is 22.5 Å². The molecule has 0 aliphatic rings. The van der Waals surface area contributed by atoms with Gasteiger partial charge in [0.1, 0.15) is 10.3 Å². The van der Waals surface area contributed by atoms with Gasteiger partial charge in [0.25, 0.3) is 0 Å². The topological polar surface area (TPSA) is 25.8 Å². The highest BCUT2D eigenvalue weighted by Crippen LogP contribution is 2.31. The third-order valence-electron chi connectivity index (χ3n) is 3.16. The Kier molecular flexibility index (Phi) is 3.84. The van der Waals surface area contributed by atoms with Crippen molar-refractivity contribution in [3.05, 3.63) is 57.1 Å². The van der Waals surface area contributed by atoms with Crippen molar-refractivity contribution in [2.75, 3.05) is 0 Å². The van der Waals surface area contributed by atoms with Gasteiger partial charge in [-0.2, -0.15) is 0 Å². The largest absolute Gasteiger partial charge is 0.240 e. The second-order valence-electron chi connectivity index (χ2n) is 5.33. The van der Waals surface area contributed by atoms with E-state index in [0.29, 0.717) is 10.3 Å². The molecule has 4 heteroatoms. The molecule has 0 aliphatic carbocycles. The average molecular weight is 295 g/mol. The molecule has 0 bridgehead atoms. The van der Waals surface area contributed by atoms with Crippen LogP contribution in [0.3, 0.4) is 0 Å². The van der Waals surface area contributed by atoms with E-state index in [9.17, 15) is 0 Å². The van der Waals surface area contributed by atoms with Gasteiger partial charge in [-0.3, -0.25) is 0 Å². The number of hydrogen-bond donors (Lipinski definition) is 0. The Morgan fingerprint density at radius 1 is 0.789 bits per heavy atom. The summed E-state index contributed by atoms with van der Waals surface area (Å²) in [6, 6.07) is 7.75. The first-order valence-electron chi connectivity index (χ1n) is 6.08. The zero-order valence-corrected chi connectivity index (χ0v) is 13.0. The van der Waals surface area contributed by atoms with Crippen molar-refractivity contribution in [2.45, 2.75) is 33.1 Å². The Balaban J connectivity index is 2.57. The minimum atomic E-state index is -0.342. The van der Waals surface area contributed by atoms with E-state index in [1.54, 1.807) is 0 Å². The Morgan fingerprint density at radius 3 is 1.47 bits per heavy atom. The van der Waals surface area contributed by atoms with Crippen LogP contribution in [0.2, 0.25) is 10.3 Å². The van der Waals surface area contributed by atoms with E-state index in [1.165, 1.54) is 0 Å². The Morgan fingerprint density at radius 2 is 1.16 bits per heavy atom. The third kappa shape index (κ3) is 3.07. The first kappa shape index (κ1) is 14.3. The van der Waals surface area contributed by atoms with Crippen LogP contribution in [0.4, 0.5) is 0 Å². The van der Waals surface area contributed by atoms with E-state index < -0.39 is 0 Å². The normalized spacial score (nSPS) is 11.7. The number of hydrogen-bond acceptors (Lipinski definition) is 2. The Bertz CT molecular complexity index is 528. The quantitative estimate of drug-likeness (QED) is 0.749. The van der Waals surface area contributed by atoms with E-state index in [1.807, 2.05) is 38.1 Å². The van der Waals surface area contributed by atoms with Crippen molar-refractivity contribution in [3.8, 4) is 0 Å². The summed E-state index contributed by atoms with van der Waals surface area (Å²) in [6.45, 7) is 8.15. The summed E-state index contributed by atoms with van der Waals surface area (Å²) in [5, 5.41) is 1.00. The number of nitrogens with zero attached hydrogens (tertiary/aromatic N) is 2. The summed E-state index contributed by atoms with van der Waals surface area (Å²) in [5.41, 5.74) is 3.62. The molecule has 0 radical (unpaired) electrons. The molecular formula is C15H16Cl2N2. The summed E-state index contributed by atoms with van der Waals surface area (Å²) in [4.78, 5) is 8.85. The van der Waals surface area contributed by atoms with Crippen molar-refractivity contribution < 1.29 is 0 Å². The third-order valence-corrected chi connectivity index (χ3v) is 3.54. The fraction of sp³-hybridized carbons (Fsp3) is 0.333. The van der Waals surface area contributed by atoms with Crippen LogP contribution in [0.1, 0.15) is 36.4 Å². The van der Waals surface area contributed by atoms with Gasteiger partial charge in [0, 0.05) is 5.41 Å². The average Bonchev–Trinajstić information content (AvgIpc) is 2.26. The van der Waals surface area contributed by atoms with Gasteiger partial charge in [0.05, 0.1) is 11.4 Å². The van der Waals surface area contributed by atoms with Gasteiger partial charge in [-0.05, 0) is 63.1 Å². The molecule has 2 aromatic heterocycles. The lowest BCUT2D eigenvalue weighted by Crippen LogP contribution is -2.22. The molecule has 2 nitrogen and oxygen atoms in total. The van der Waals surface area contributed by atoms with Crippen molar-refractivity contribution in [2.24, 2.45) is 0 Å². The van der Waals surface area contributed by atoms with Gasteiger partial charge in [-0.1, -0.05) is 23.2 Å². The van der Waals surface area contributed by atoms with Gasteiger partial charge in [-0.25, -0.2) is 9.97 Å². The molecule has 0 aromatic carbocycles. The molecule has 0 fully saturated rings. The standard InChI is InChI=1S/C15H16Cl2N2/c1-9-5-11(18-13(16)7-9)15(3,4)12-6-10(2)8-14(17)19-12/h5-8H,1-4H3. The second-order valence-corrected chi connectivity index (χ2v) is 6.10. The summed E-state index contributed by atoms with van der Waals surface area (Å²) in [6.07, 6.45) is 0. The van der Waals surface area contributed by atoms with Crippen molar-refractivity contribution in [1.29, 1.82) is 0 Å². The molecule has 100 valence electrons. The first-order chi connectivity index (χ1) is 8.79. The molecule has 0 atom stereocenters. The van der Waals surface area contributed by atoms with Crippen LogP contribution >= 0.6 is 23.2 Å². The number of aryl methyl sites for hydroxylation is 2. The highest BCUT2D eigenvalue weighted by atomic mass is 35.5. The zero-order chi connectivity index (χ0) is 14.2. The van der Waals surface area contributed by atoms with Gasteiger partial charge in [0.15, 0.2) is 0 Å². The maximum Gasteiger partial charge on any atom is 0.129 e. The van der Waals surface area contributed by atoms with Gasteiger partial charge in [-0.15, -0.1) is 0 Å². The highest BCUT2D eigenvalue weighted by Gasteiger charge is 2.27. The van der Waals surface area contributed by atoms with Crippen LogP contribution in [0.25, 0.3) is 0 Å². The molecule has 19 heavy (non-hydrogen) atoms. The van der Waals surface area contributed by atoms with Crippen LogP contribution in [-0.2, 0) is 5.41 Å². The van der Waals surface area contributed by atoms with Crippen LogP contribution in [-0.4, -0.2) is 9.97 Å². The fourth-order valence-electron chi connectivity index (χ4n) is 2.02. The minimum absolute atomic E-state index is 0.342. The van der Waals surface area contributed by atoms with Crippen molar-refractivity contribution >= 4 is 23.2 Å². The molecule has 0 unspecified atom stereocenters. The molecule has 2 aromatic rings. The second kappa shape index (κ2) is 5.10. The zero-order valence-electron chi connectivity index (χ0n) is 11.5. The van der Waals surface area contributed by atoms with E-state index in [-0.39, 0.29) is 5.41 Å². The number of aromatic nitrogens is 2. The maximum atomic E-state index is 6.05. The summed E-state index contributed by atoms with van der Waals surface area (Å²) < 4.78 is 0. The van der Waals surface area contributed by atoms with Gasteiger partial charge in [0.2, 0.25) is 0 Å². The van der Waals surface area contributed by atoms with Crippen LogP contribution in [0.5, 0.6) is 0 Å². The van der Waals surface area contributed by atoms with Crippen molar-refractivity contribution in [3.63, 3.8) is 0 Å². The smallest absolute Gasteiger partial charge is 0.129 e. The maximum absolute atomic E-state index is 6.05. The molecule has 0 N–H and O–H groups in total. The van der Waals surface area contributed by atoms with Crippen LogP contribution in [0.15, 0.2) is 24.3 Å². The van der Waals surface area contributed by atoms with Crippen LogP contribution in [0, 0.1) is 13.8 Å². The lowest BCUT2D eigenvalue weighted by Gasteiger charge is -2.24. The van der Waals surface area contributed by atoms with E-state index in [2.05, 4.69) is 23.8 Å². The molecule has 2 rings (SSSR count). The molecule has 0 aliphatic heterocycles. The van der Waals surface area contributed by atoms with E-state index >= 15 is 0 Å². The van der Waals surface area contributed by atoms with Crippen LogP contribution < -0.4 is 0 Å². The minimum Gasteiger partial charge on any atom is -0.240 e. The predicted molar refractivity (Wildman–Crippen MR) is 80.1 cm³/mol. The summed E-state index contributed by atoms with van der Waals surface area (Å²) >= 11 is 12.1. The highest BCUT2D eigenvalue weighted by molar-refractivity contribution is 6.29. The lowest BCUT2D eigenvalue weighted by atomic mass is 9.84. The Labute approximate surface area is 123 Å². The van der Waals surface area contributed by atoms with Crippen molar-refractivity contribution in [1.82, 2.24) is 9.97 Å². The summed E-state index contributed by atoms with van der Waals surface area (Å²) in [7, 11) is 0. The molecule has 0 spiro atoms. The SMILES string of the molecule is Cc1cc(Cl)nc(C(C)(C)c2cc(C)cc(Cl)n2)c1.